The van der Waals surface area contributed by atoms with Gasteiger partial charge in [0.25, 0.3) is 0 Å². The molecule has 1 atom stereocenters. The molecule has 3 nitrogen and oxygen atoms in total. The Balaban J connectivity index is 2.18. The Bertz CT molecular complexity index is 362. The molecule has 15 heavy (non-hydrogen) atoms. The number of anilines is 1. The molecular formula is C12H15NO2. The SMILES string of the molecule is COC(=O)CC1CCNc2ccccc21. The molecule has 0 radical (unpaired) electrons. The van der Waals surface area contributed by atoms with Crippen LogP contribution in [-0.4, -0.2) is 19.6 Å². The molecule has 1 heterocycles. The zero-order chi connectivity index (χ0) is 10.7. The van der Waals surface area contributed by atoms with Crippen molar-refractivity contribution in [3.63, 3.8) is 0 Å². The van der Waals surface area contributed by atoms with Crippen LogP contribution >= 0.6 is 0 Å². The van der Waals surface area contributed by atoms with Crippen LogP contribution in [0.3, 0.4) is 0 Å². The molecule has 0 spiro atoms. The smallest absolute Gasteiger partial charge is 0.306 e. The number of rotatable bonds is 2. The van der Waals surface area contributed by atoms with E-state index in [4.69, 9.17) is 4.74 Å². The molecule has 1 aromatic rings. The lowest BCUT2D eigenvalue weighted by Crippen LogP contribution is -2.19. The summed E-state index contributed by atoms with van der Waals surface area (Å²) in [6.07, 6.45) is 1.47. The summed E-state index contributed by atoms with van der Waals surface area (Å²) < 4.78 is 4.71. The number of para-hydroxylation sites is 1. The Labute approximate surface area is 89.4 Å². The van der Waals surface area contributed by atoms with E-state index < -0.39 is 0 Å². The van der Waals surface area contributed by atoms with Crippen LogP contribution in [0.1, 0.15) is 24.3 Å². The third-order valence-corrected chi connectivity index (χ3v) is 2.85. The lowest BCUT2D eigenvalue weighted by Gasteiger charge is -2.25. The average molecular weight is 205 g/mol. The molecule has 1 unspecified atom stereocenters. The number of nitrogens with one attached hydrogen (secondary N) is 1. The van der Waals surface area contributed by atoms with Crippen LogP contribution in [0.15, 0.2) is 24.3 Å². The maximum absolute atomic E-state index is 11.2. The number of hydrogen-bond donors (Lipinski definition) is 1. The minimum absolute atomic E-state index is 0.128. The zero-order valence-electron chi connectivity index (χ0n) is 8.82. The Morgan fingerprint density at radius 1 is 1.53 bits per heavy atom. The third-order valence-electron chi connectivity index (χ3n) is 2.85. The fourth-order valence-electron chi connectivity index (χ4n) is 2.05. The van der Waals surface area contributed by atoms with Gasteiger partial charge in [-0.1, -0.05) is 18.2 Å². The second kappa shape index (κ2) is 4.34. The monoisotopic (exact) mass is 205 g/mol. The highest BCUT2D eigenvalue weighted by atomic mass is 16.5. The topological polar surface area (TPSA) is 38.3 Å². The summed E-state index contributed by atoms with van der Waals surface area (Å²) >= 11 is 0. The molecule has 0 fully saturated rings. The number of esters is 1. The van der Waals surface area contributed by atoms with Crippen molar-refractivity contribution < 1.29 is 9.53 Å². The Hall–Kier alpha value is -1.51. The van der Waals surface area contributed by atoms with Gasteiger partial charge in [-0.2, -0.15) is 0 Å². The van der Waals surface area contributed by atoms with E-state index in [1.165, 1.54) is 12.7 Å². The van der Waals surface area contributed by atoms with E-state index in [0.717, 1.165) is 18.7 Å². The number of methoxy groups -OCH3 is 1. The average Bonchev–Trinajstić information content (AvgIpc) is 2.29. The van der Waals surface area contributed by atoms with E-state index in [-0.39, 0.29) is 5.97 Å². The molecule has 80 valence electrons. The van der Waals surface area contributed by atoms with Crippen molar-refractivity contribution in [2.24, 2.45) is 0 Å². The van der Waals surface area contributed by atoms with E-state index in [9.17, 15) is 4.79 Å². The quantitative estimate of drug-likeness (QED) is 0.752. The number of carbonyl (C=O) groups excluding carboxylic acids is 1. The fraction of sp³-hybridized carbons (Fsp3) is 0.417. The highest BCUT2D eigenvalue weighted by Crippen LogP contribution is 2.33. The molecule has 2 rings (SSSR count). The van der Waals surface area contributed by atoms with Crippen molar-refractivity contribution in [2.45, 2.75) is 18.8 Å². The minimum atomic E-state index is -0.128. The van der Waals surface area contributed by atoms with E-state index in [1.54, 1.807) is 0 Å². The molecule has 0 saturated heterocycles. The second-order valence-electron chi connectivity index (χ2n) is 3.78. The van der Waals surface area contributed by atoms with Gasteiger partial charge in [-0.05, 0) is 24.0 Å². The summed E-state index contributed by atoms with van der Waals surface area (Å²) in [6, 6.07) is 8.15. The highest BCUT2D eigenvalue weighted by molar-refractivity contribution is 5.71. The van der Waals surface area contributed by atoms with Gasteiger partial charge in [-0.15, -0.1) is 0 Å². The molecule has 1 aliphatic rings. The van der Waals surface area contributed by atoms with Crippen LogP contribution in [0.2, 0.25) is 0 Å². The Morgan fingerprint density at radius 2 is 2.33 bits per heavy atom. The number of ether oxygens (including phenoxy) is 1. The van der Waals surface area contributed by atoms with Gasteiger partial charge in [-0.3, -0.25) is 4.79 Å². The lowest BCUT2D eigenvalue weighted by molar-refractivity contribution is -0.141. The van der Waals surface area contributed by atoms with Gasteiger partial charge < -0.3 is 10.1 Å². The first-order valence-electron chi connectivity index (χ1n) is 5.21. The first-order chi connectivity index (χ1) is 7.31. The normalized spacial score (nSPS) is 18.9. The molecule has 3 heteroatoms. The molecule has 0 saturated carbocycles. The molecule has 1 N–H and O–H groups in total. The molecular weight excluding hydrogens is 190 g/mol. The van der Waals surface area contributed by atoms with Crippen LogP contribution < -0.4 is 5.32 Å². The van der Waals surface area contributed by atoms with E-state index >= 15 is 0 Å². The zero-order valence-corrected chi connectivity index (χ0v) is 8.82. The molecule has 1 aliphatic heterocycles. The van der Waals surface area contributed by atoms with Gasteiger partial charge in [0, 0.05) is 12.2 Å². The molecule has 0 bridgehead atoms. The Kier molecular flexibility index (Phi) is 2.90. The summed E-state index contributed by atoms with van der Waals surface area (Å²) in [5.74, 6) is 0.173. The van der Waals surface area contributed by atoms with Crippen molar-refractivity contribution in [3.8, 4) is 0 Å². The largest absolute Gasteiger partial charge is 0.469 e. The van der Waals surface area contributed by atoms with Crippen molar-refractivity contribution >= 4 is 11.7 Å². The van der Waals surface area contributed by atoms with Crippen molar-refractivity contribution in [3.05, 3.63) is 29.8 Å². The lowest BCUT2D eigenvalue weighted by atomic mass is 9.88. The van der Waals surface area contributed by atoms with Gasteiger partial charge in [0.05, 0.1) is 13.5 Å². The summed E-state index contributed by atoms with van der Waals surface area (Å²) in [4.78, 5) is 11.2. The number of benzene rings is 1. The summed E-state index contributed by atoms with van der Waals surface area (Å²) in [6.45, 7) is 0.929. The number of fused-ring (bicyclic) bond motifs is 1. The predicted molar refractivity (Wildman–Crippen MR) is 58.9 cm³/mol. The Morgan fingerprint density at radius 3 is 3.13 bits per heavy atom. The number of hydrogen-bond acceptors (Lipinski definition) is 3. The van der Waals surface area contributed by atoms with Gasteiger partial charge in [0.1, 0.15) is 0 Å². The summed E-state index contributed by atoms with van der Waals surface area (Å²) in [7, 11) is 1.44. The van der Waals surface area contributed by atoms with Crippen LogP contribution in [0.5, 0.6) is 0 Å². The van der Waals surface area contributed by atoms with Crippen LogP contribution in [0.4, 0.5) is 5.69 Å². The van der Waals surface area contributed by atoms with Crippen LogP contribution in [0.25, 0.3) is 0 Å². The third kappa shape index (κ3) is 2.12. The molecule has 0 aliphatic carbocycles. The van der Waals surface area contributed by atoms with Crippen LogP contribution in [0, 0.1) is 0 Å². The van der Waals surface area contributed by atoms with E-state index in [1.807, 2.05) is 12.1 Å². The standard InChI is InChI=1S/C12H15NO2/c1-15-12(14)8-9-6-7-13-11-5-3-2-4-10(9)11/h2-5,9,13H,6-8H2,1H3. The first kappa shape index (κ1) is 10.0. The number of carbonyl (C=O) groups is 1. The maximum atomic E-state index is 11.2. The van der Waals surface area contributed by atoms with Gasteiger partial charge >= 0.3 is 5.97 Å². The van der Waals surface area contributed by atoms with Crippen LogP contribution in [-0.2, 0) is 9.53 Å². The van der Waals surface area contributed by atoms with Crippen molar-refractivity contribution in [2.75, 3.05) is 19.0 Å². The van der Waals surface area contributed by atoms with Gasteiger partial charge in [-0.25, -0.2) is 0 Å². The van der Waals surface area contributed by atoms with E-state index in [2.05, 4.69) is 17.4 Å². The maximum Gasteiger partial charge on any atom is 0.306 e. The molecule has 1 aromatic carbocycles. The predicted octanol–water partition coefficient (Wildman–Crippen LogP) is 2.15. The molecule has 0 amide bonds. The van der Waals surface area contributed by atoms with Gasteiger partial charge in [0.2, 0.25) is 0 Å². The van der Waals surface area contributed by atoms with Crippen molar-refractivity contribution in [1.82, 2.24) is 0 Å². The summed E-state index contributed by atoms with van der Waals surface area (Å²) in [5.41, 5.74) is 2.38. The second-order valence-corrected chi connectivity index (χ2v) is 3.78. The highest BCUT2D eigenvalue weighted by Gasteiger charge is 2.22. The van der Waals surface area contributed by atoms with Gasteiger partial charge in [0.15, 0.2) is 0 Å². The fourth-order valence-corrected chi connectivity index (χ4v) is 2.05. The summed E-state index contributed by atoms with van der Waals surface area (Å²) in [5, 5.41) is 3.33. The first-order valence-corrected chi connectivity index (χ1v) is 5.21. The minimum Gasteiger partial charge on any atom is -0.469 e. The molecule has 0 aromatic heterocycles. The van der Waals surface area contributed by atoms with E-state index in [0.29, 0.717) is 12.3 Å². The van der Waals surface area contributed by atoms with Crippen molar-refractivity contribution in [1.29, 1.82) is 0 Å².